The van der Waals surface area contributed by atoms with Crippen LogP contribution in [-0.4, -0.2) is 25.7 Å². The molecule has 2 heterocycles. The van der Waals surface area contributed by atoms with Gasteiger partial charge in [-0.2, -0.15) is 4.98 Å². The molecule has 1 aromatic rings. The third kappa shape index (κ3) is 1.79. The van der Waals surface area contributed by atoms with E-state index >= 15 is 0 Å². The van der Waals surface area contributed by atoms with E-state index in [0.717, 1.165) is 19.3 Å². The first-order valence-electron chi connectivity index (χ1n) is 5.64. The van der Waals surface area contributed by atoms with Crippen molar-refractivity contribution in [1.82, 2.24) is 9.55 Å². The van der Waals surface area contributed by atoms with Crippen molar-refractivity contribution >= 4 is 5.97 Å². The number of aromatic hydroxyl groups is 1. The monoisotopic (exact) mass is 238 g/mol. The van der Waals surface area contributed by atoms with Crippen LogP contribution < -0.4 is 5.56 Å². The number of aromatic nitrogens is 2. The average molecular weight is 238 g/mol. The van der Waals surface area contributed by atoms with Crippen LogP contribution in [0, 0.1) is 0 Å². The second kappa shape index (κ2) is 4.20. The topological polar surface area (TPSA) is 92.4 Å². The first-order valence-corrected chi connectivity index (χ1v) is 5.64. The zero-order valence-corrected chi connectivity index (χ0v) is 9.51. The summed E-state index contributed by atoms with van der Waals surface area (Å²) in [5.41, 5.74) is -1.28. The molecule has 1 unspecified atom stereocenters. The third-order valence-electron chi connectivity index (χ3n) is 3.16. The van der Waals surface area contributed by atoms with Crippen LogP contribution in [0.25, 0.3) is 0 Å². The molecule has 1 aliphatic heterocycles. The molecule has 0 bridgehead atoms. The van der Waals surface area contributed by atoms with Crippen LogP contribution in [0.2, 0.25) is 0 Å². The highest BCUT2D eigenvalue weighted by molar-refractivity contribution is 5.89. The third-order valence-corrected chi connectivity index (χ3v) is 3.16. The lowest BCUT2D eigenvalue weighted by molar-refractivity contribution is 0.0689. The number of carbonyl (C=O) groups is 1. The van der Waals surface area contributed by atoms with Gasteiger partial charge in [0.25, 0.3) is 5.56 Å². The summed E-state index contributed by atoms with van der Waals surface area (Å²) in [4.78, 5) is 26.8. The Morgan fingerprint density at radius 1 is 1.59 bits per heavy atom. The van der Waals surface area contributed by atoms with Crippen molar-refractivity contribution in [2.24, 2.45) is 0 Å². The summed E-state index contributed by atoms with van der Waals surface area (Å²) in [5.74, 6) is -1.63. The maximum atomic E-state index is 12.0. The minimum atomic E-state index is -1.43. The molecule has 6 heteroatoms. The summed E-state index contributed by atoms with van der Waals surface area (Å²) in [6.45, 7) is 1.94. The number of hydrogen-bond donors (Lipinski definition) is 2. The zero-order chi connectivity index (χ0) is 12.6. The number of nitrogens with zero attached hydrogens (tertiary/aromatic N) is 2. The predicted octanol–water partition coefficient (Wildman–Crippen LogP) is 0.935. The van der Waals surface area contributed by atoms with E-state index in [1.54, 1.807) is 0 Å². The Balaban J connectivity index is 2.70. The highest BCUT2D eigenvalue weighted by atomic mass is 16.4. The van der Waals surface area contributed by atoms with Crippen molar-refractivity contribution in [3.05, 3.63) is 21.7 Å². The summed E-state index contributed by atoms with van der Waals surface area (Å²) >= 11 is 0. The van der Waals surface area contributed by atoms with E-state index in [4.69, 9.17) is 5.11 Å². The molecular weight excluding hydrogens is 224 g/mol. The molecule has 0 saturated carbocycles. The lowest BCUT2D eigenvalue weighted by Gasteiger charge is -2.26. The van der Waals surface area contributed by atoms with E-state index in [9.17, 15) is 14.7 Å². The van der Waals surface area contributed by atoms with Gasteiger partial charge in [0.1, 0.15) is 5.82 Å². The zero-order valence-electron chi connectivity index (χ0n) is 9.51. The van der Waals surface area contributed by atoms with Gasteiger partial charge in [0.05, 0.1) is 0 Å². The van der Waals surface area contributed by atoms with E-state index in [0.29, 0.717) is 12.2 Å². The Morgan fingerprint density at radius 3 is 2.88 bits per heavy atom. The number of aryl methyl sites for hydroxylation is 1. The molecule has 1 atom stereocenters. The van der Waals surface area contributed by atoms with Crippen LogP contribution in [0.15, 0.2) is 4.79 Å². The summed E-state index contributed by atoms with van der Waals surface area (Å²) in [5, 5.41) is 18.4. The molecule has 6 nitrogen and oxygen atoms in total. The van der Waals surface area contributed by atoms with Crippen molar-refractivity contribution < 1.29 is 15.0 Å². The molecule has 0 fully saturated rings. The van der Waals surface area contributed by atoms with Crippen LogP contribution in [0.5, 0.6) is 5.88 Å². The number of aromatic carboxylic acids is 1. The SMILES string of the molecule is CCC1CCCc2nc(O)c(C(=O)O)c(=O)n21. The van der Waals surface area contributed by atoms with Gasteiger partial charge in [-0.05, 0) is 19.3 Å². The Labute approximate surface area is 97.5 Å². The van der Waals surface area contributed by atoms with Gasteiger partial charge in [0.15, 0.2) is 5.56 Å². The second-order valence-electron chi connectivity index (χ2n) is 4.16. The lowest BCUT2D eigenvalue weighted by atomic mass is 10.0. The predicted molar refractivity (Wildman–Crippen MR) is 59.4 cm³/mol. The standard InChI is InChI=1S/C11H14N2O4/c1-2-6-4-3-5-7-12-9(14)8(11(16)17)10(15)13(6)7/h6,14H,2-5H2,1H3,(H,16,17). The van der Waals surface area contributed by atoms with Crippen molar-refractivity contribution in [3.63, 3.8) is 0 Å². The number of carboxylic acids is 1. The maximum absolute atomic E-state index is 12.0. The fourth-order valence-electron chi connectivity index (χ4n) is 2.32. The molecule has 1 aliphatic rings. The van der Waals surface area contributed by atoms with Gasteiger partial charge in [-0.1, -0.05) is 6.92 Å². The van der Waals surface area contributed by atoms with Crippen molar-refractivity contribution in [2.75, 3.05) is 0 Å². The van der Waals surface area contributed by atoms with Gasteiger partial charge in [0.2, 0.25) is 5.88 Å². The van der Waals surface area contributed by atoms with Gasteiger partial charge in [0, 0.05) is 12.5 Å². The molecule has 0 saturated heterocycles. The molecular formula is C11H14N2O4. The molecule has 2 N–H and O–H groups in total. The molecule has 0 aromatic carbocycles. The van der Waals surface area contributed by atoms with Gasteiger partial charge < -0.3 is 10.2 Å². The van der Waals surface area contributed by atoms with Gasteiger partial charge >= 0.3 is 5.97 Å². The van der Waals surface area contributed by atoms with Crippen molar-refractivity contribution in [3.8, 4) is 5.88 Å². The summed E-state index contributed by atoms with van der Waals surface area (Å²) in [6, 6.07) is -0.0163. The molecule has 0 aliphatic carbocycles. The number of fused-ring (bicyclic) bond motifs is 1. The normalized spacial score (nSPS) is 18.8. The first kappa shape index (κ1) is 11.6. The first-order chi connectivity index (χ1) is 8.06. The minimum Gasteiger partial charge on any atom is -0.492 e. The van der Waals surface area contributed by atoms with Crippen molar-refractivity contribution in [2.45, 2.75) is 38.6 Å². The molecule has 1 aromatic heterocycles. The number of carboxylic acid groups (broad SMARTS) is 1. The largest absolute Gasteiger partial charge is 0.492 e. The minimum absolute atomic E-state index is 0.0163. The van der Waals surface area contributed by atoms with E-state index < -0.39 is 23.0 Å². The summed E-state index contributed by atoms with van der Waals surface area (Å²) < 4.78 is 1.42. The van der Waals surface area contributed by atoms with Crippen LogP contribution in [0.4, 0.5) is 0 Å². The lowest BCUT2D eigenvalue weighted by Crippen LogP contribution is -2.35. The maximum Gasteiger partial charge on any atom is 0.346 e. The Morgan fingerprint density at radius 2 is 2.29 bits per heavy atom. The van der Waals surface area contributed by atoms with E-state index in [2.05, 4.69) is 4.98 Å². The van der Waals surface area contributed by atoms with Gasteiger partial charge in [-0.3, -0.25) is 9.36 Å². The number of hydrogen-bond acceptors (Lipinski definition) is 4. The smallest absolute Gasteiger partial charge is 0.346 e. The molecule has 0 amide bonds. The molecule has 2 rings (SSSR count). The van der Waals surface area contributed by atoms with E-state index in [-0.39, 0.29) is 6.04 Å². The highest BCUT2D eigenvalue weighted by Gasteiger charge is 2.27. The molecule has 0 spiro atoms. The Hall–Kier alpha value is -1.85. The quantitative estimate of drug-likeness (QED) is 0.799. The Bertz CT molecular complexity index is 521. The van der Waals surface area contributed by atoms with E-state index in [1.165, 1.54) is 4.57 Å². The molecule has 17 heavy (non-hydrogen) atoms. The van der Waals surface area contributed by atoms with E-state index in [1.807, 2.05) is 6.92 Å². The average Bonchev–Trinajstić information content (AvgIpc) is 2.27. The van der Waals surface area contributed by atoms with Crippen LogP contribution in [-0.2, 0) is 6.42 Å². The van der Waals surface area contributed by atoms with Gasteiger partial charge in [-0.25, -0.2) is 4.79 Å². The summed E-state index contributed by atoms with van der Waals surface area (Å²) in [7, 11) is 0. The van der Waals surface area contributed by atoms with Gasteiger partial charge in [-0.15, -0.1) is 0 Å². The van der Waals surface area contributed by atoms with Crippen LogP contribution in [0.3, 0.4) is 0 Å². The van der Waals surface area contributed by atoms with Crippen LogP contribution in [0.1, 0.15) is 48.4 Å². The fourth-order valence-corrected chi connectivity index (χ4v) is 2.32. The second-order valence-corrected chi connectivity index (χ2v) is 4.16. The molecule has 0 radical (unpaired) electrons. The summed E-state index contributed by atoms with van der Waals surface area (Å²) in [6.07, 6.45) is 3.09. The fraction of sp³-hybridized carbons (Fsp3) is 0.545. The van der Waals surface area contributed by atoms with Crippen molar-refractivity contribution in [1.29, 1.82) is 0 Å². The highest BCUT2D eigenvalue weighted by Crippen LogP contribution is 2.26. The molecule has 92 valence electrons. The van der Waals surface area contributed by atoms with Crippen LogP contribution >= 0.6 is 0 Å². The number of rotatable bonds is 2. The Kier molecular flexibility index (Phi) is 2.87.